The molecule has 0 aliphatic heterocycles. The molecule has 3 nitrogen and oxygen atoms in total. The highest BCUT2D eigenvalue weighted by Crippen LogP contribution is 2.24. The molecule has 0 unspecified atom stereocenters. The van der Waals surface area contributed by atoms with E-state index in [4.69, 9.17) is 12.8 Å². The Kier molecular flexibility index (Phi) is 11.5. The van der Waals surface area contributed by atoms with Gasteiger partial charge in [0.05, 0.1) is 13.1 Å². The molecule has 0 aromatic heterocycles. The molecule has 3 heteroatoms. The topological polar surface area (TPSA) is 23.6 Å². The van der Waals surface area contributed by atoms with Crippen molar-refractivity contribution < 1.29 is 4.79 Å². The van der Waals surface area contributed by atoms with Gasteiger partial charge in [-0.2, -0.15) is 0 Å². The first kappa shape index (κ1) is 26.6. The van der Waals surface area contributed by atoms with Crippen LogP contribution in [0.2, 0.25) is 0 Å². The van der Waals surface area contributed by atoms with Crippen molar-refractivity contribution in [2.24, 2.45) is 5.92 Å². The number of carbonyl (C=O) groups is 1. The summed E-state index contributed by atoms with van der Waals surface area (Å²) >= 11 is 0. The molecule has 184 valence electrons. The van der Waals surface area contributed by atoms with E-state index >= 15 is 0 Å². The third kappa shape index (κ3) is 9.28. The van der Waals surface area contributed by atoms with Crippen LogP contribution in [0.3, 0.4) is 0 Å². The predicted molar refractivity (Wildman–Crippen MR) is 146 cm³/mol. The van der Waals surface area contributed by atoms with Crippen LogP contribution in [0.5, 0.6) is 0 Å². The average Bonchev–Trinajstić information content (AvgIpc) is 2.88. The highest BCUT2D eigenvalue weighted by molar-refractivity contribution is 5.94. The fraction of sp³-hybridized carbons (Fsp3) is 0.469. The number of hydrogen-bond donors (Lipinski definition) is 0. The van der Waals surface area contributed by atoms with Gasteiger partial charge in [-0.1, -0.05) is 99.3 Å². The van der Waals surface area contributed by atoms with E-state index in [-0.39, 0.29) is 5.91 Å². The van der Waals surface area contributed by atoms with Crippen LogP contribution in [0.25, 0.3) is 0 Å². The Morgan fingerprint density at radius 1 is 0.743 bits per heavy atom. The lowest BCUT2D eigenvalue weighted by Gasteiger charge is -2.29. The SMILES string of the molecule is C#CCN(CC#C)Cc1ccc(C(=O)N(Cc2ccccc2)CC2CCCCCCCCC2)cc1. The van der Waals surface area contributed by atoms with Crippen molar-refractivity contribution in [2.45, 2.75) is 70.9 Å². The molecule has 3 rings (SSSR count). The molecule has 1 saturated carbocycles. The van der Waals surface area contributed by atoms with Gasteiger partial charge in [-0.3, -0.25) is 9.69 Å². The molecule has 0 heterocycles. The zero-order valence-corrected chi connectivity index (χ0v) is 21.1. The lowest BCUT2D eigenvalue weighted by atomic mass is 9.91. The van der Waals surface area contributed by atoms with E-state index in [9.17, 15) is 4.79 Å². The molecule has 2 aromatic carbocycles. The normalized spacial score (nSPS) is 15.2. The highest BCUT2D eigenvalue weighted by Gasteiger charge is 2.21. The van der Waals surface area contributed by atoms with E-state index in [1.54, 1.807) is 0 Å². The molecule has 2 aromatic rings. The van der Waals surface area contributed by atoms with Crippen LogP contribution in [0.4, 0.5) is 0 Å². The molecule has 35 heavy (non-hydrogen) atoms. The van der Waals surface area contributed by atoms with Crippen LogP contribution in [0.15, 0.2) is 54.6 Å². The van der Waals surface area contributed by atoms with Crippen molar-refractivity contribution in [2.75, 3.05) is 19.6 Å². The predicted octanol–water partition coefficient (Wildman–Crippen LogP) is 6.54. The fourth-order valence-electron chi connectivity index (χ4n) is 5.03. The van der Waals surface area contributed by atoms with E-state index in [0.717, 1.165) is 17.7 Å². The molecule has 1 amide bonds. The lowest BCUT2D eigenvalue weighted by Crippen LogP contribution is -2.35. The Hall–Kier alpha value is -3.01. The second-order valence-electron chi connectivity index (χ2n) is 9.84. The van der Waals surface area contributed by atoms with Gasteiger partial charge in [0, 0.05) is 25.2 Å². The highest BCUT2D eigenvalue weighted by atomic mass is 16.2. The van der Waals surface area contributed by atoms with Gasteiger partial charge in [0.1, 0.15) is 0 Å². The zero-order chi connectivity index (χ0) is 24.7. The van der Waals surface area contributed by atoms with Gasteiger partial charge < -0.3 is 4.90 Å². The van der Waals surface area contributed by atoms with Crippen molar-refractivity contribution in [1.82, 2.24) is 9.80 Å². The van der Waals surface area contributed by atoms with E-state index in [1.165, 1.54) is 63.4 Å². The maximum Gasteiger partial charge on any atom is 0.254 e. The summed E-state index contributed by atoms with van der Waals surface area (Å²) in [7, 11) is 0. The molecule has 0 saturated heterocycles. The maximum absolute atomic E-state index is 13.7. The maximum atomic E-state index is 13.7. The van der Waals surface area contributed by atoms with Gasteiger partial charge in [-0.15, -0.1) is 12.8 Å². The summed E-state index contributed by atoms with van der Waals surface area (Å²) in [5, 5.41) is 0. The standard InChI is InChI=1S/C32H40N2O/c1-3-23-33(24-4-2)25-30-19-21-31(22-20-30)32(35)34(27-29-17-13-10-14-18-29)26-28-15-11-8-6-5-7-9-12-16-28/h1-2,10,13-14,17-22,28H,5-9,11-12,15-16,23-27H2. The molecule has 0 radical (unpaired) electrons. The first-order valence-electron chi connectivity index (χ1n) is 13.2. The van der Waals surface area contributed by atoms with Crippen molar-refractivity contribution in [3.63, 3.8) is 0 Å². The van der Waals surface area contributed by atoms with Crippen LogP contribution in [-0.2, 0) is 13.1 Å². The van der Waals surface area contributed by atoms with Crippen LogP contribution in [-0.4, -0.2) is 35.3 Å². The minimum atomic E-state index is 0.113. The molecular formula is C32H40N2O. The second-order valence-corrected chi connectivity index (χ2v) is 9.84. The zero-order valence-electron chi connectivity index (χ0n) is 21.1. The molecule has 0 spiro atoms. The minimum Gasteiger partial charge on any atom is -0.334 e. The largest absolute Gasteiger partial charge is 0.334 e. The number of amides is 1. The molecule has 1 aliphatic carbocycles. The van der Waals surface area contributed by atoms with Gasteiger partial charge in [0.2, 0.25) is 0 Å². The Labute approximate surface area is 212 Å². The van der Waals surface area contributed by atoms with E-state index in [1.807, 2.05) is 35.2 Å². The number of hydrogen-bond acceptors (Lipinski definition) is 2. The van der Waals surface area contributed by atoms with Crippen molar-refractivity contribution in [3.05, 3.63) is 71.3 Å². The van der Waals surface area contributed by atoms with Crippen molar-refractivity contribution in [3.8, 4) is 24.7 Å². The molecule has 1 aliphatic rings. The molecular weight excluding hydrogens is 428 g/mol. The minimum absolute atomic E-state index is 0.113. The van der Waals surface area contributed by atoms with Gasteiger partial charge >= 0.3 is 0 Å². The third-order valence-corrected chi connectivity index (χ3v) is 6.94. The third-order valence-electron chi connectivity index (χ3n) is 6.94. The number of nitrogens with zero attached hydrogens (tertiary/aromatic N) is 2. The monoisotopic (exact) mass is 468 g/mol. The van der Waals surface area contributed by atoms with Gasteiger partial charge in [-0.25, -0.2) is 0 Å². The van der Waals surface area contributed by atoms with Crippen LogP contribution in [0.1, 0.15) is 79.3 Å². The number of terminal acetylenes is 2. The average molecular weight is 469 g/mol. The van der Waals surface area contributed by atoms with Gasteiger partial charge in [-0.05, 0) is 42.0 Å². The number of benzene rings is 2. The summed E-state index contributed by atoms with van der Waals surface area (Å²) in [5.41, 5.74) is 3.02. The Bertz CT molecular complexity index is 941. The molecule has 1 fully saturated rings. The fourth-order valence-corrected chi connectivity index (χ4v) is 5.03. The van der Waals surface area contributed by atoms with Crippen molar-refractivity contribution in [1.29, 1.82) is 0 Å². The summed E-state index contributed by atoms with van der Waals surface area (Å²) in [4.78, 5) is 17.8. The van der Waals surface area contributed by atoms with Crippen molar-refractivity contribution >= 4 is 5.91 Å². The Morgan fingerprint density at radius 3 is 1.86 bits per heavy atom. The Morgan fingerprint density at radius 2 is 1.29 bits per heavy atom. The Balaban J connectivity index is 1.72. The van der Waals surface area contributed by atoms with E-state index < -0.39 is 0 Å². The molecule has 0 bridgehead atoms. The van der Waals surface area contributed by atoms with Crippen LogP contribution in [0, 0.1) is 30.6 Å². The van der Waals surface area contributed by atoms with Gasteiger partial charge in [0.25, 0.3) is 5.91 Å². The second kappa shape index (κ2) is 15.1. The summed E-state index contributed by atoms with van der Waals surface area (Å²) in [6, 6.07) is 18.3. The summed E-state index contributed by atoms with van der Waals surface area (Å²) < 4.78 is 0. The van der Waals surface area contributed by atoms with Gasteiger partial charge in [0.15, 0.2) is 0 Å². The summed E-state index contributed by atoms with van der Waals surface area (Å²) in [6.45, 7) is 3.18. The van der Waals surface area contributed by atoms with E-state index in [0.29, 0.717) is 32.1 Å². The first-order valence-corrected chi connectivity index (χ1v) is 13.2. The summed E-state index contributed by atoms with van der Waals surface area (Å²) in [6.07, 6.45) is 22.7. The molecule has 0 atom stereocenters. The number of carbonyl (C=O) groups excluding carboxylic acids is 1. The molecule has 0 N–H and O–H groups in total. The quantitative estimate of drug-likeness (QED) is 0.390. The number of rotatable bonds is 9. The summed E-state index contributed by atoms with van der Waals surface area (Å²) in [5.74, 6) is 6.01. The smallest absolute Gasteiger partial charge is 0.254 e. The van der Waals surface area contributed by atoms with E-state index in [2.05, 4.69) is 41.0 Å². The first-order chi connectivity index (χ1) is 17.2. The van der Waals surface area contributed by atoms with Crippen LogP contribution >= 0.6 is 0 Å². The van der Waals surface area contributed by atoms with Crippen LogP contribution < -0.4 is 0 Å². The lowest BCUT2D eigenvalue weighted by molar-refractivity contribution is 0.0704.